The van der Waals surface area contributed by atoms with E-state index in [-0.39, 0.29) is 5.54 Å². The van der Waals surface area contributed by atoms with Crippen LogP contribution in [0.3, 0.4) is 0 Å². The zero-order valence-corrected chi connectivity index (χ0v) is 16.2. The molecule has 4 nitrogen and oxygen atoms in total. The van der Waals surface area contributed by atoms with Crippen molar-refractivity contribution in [3.63, 3.8) is 0 Å². The second-order valence-corrected chi connectivity index (χ2v) is 8.98. The Hall–Kier alpha value is -1.95. The summed E-state index contributed by atoms with van der Waals surface area (Å²) in [6.45, 7) is 6.34. The van der Waals surface area contributed by atoms with Gasteiger partial charge in [-0.3, -0.25) is 4.90 Å². The van der Waals surface area contributed by atoms with Crippen molar-refractivity contribution < 1.29 is 8.42 Å². The van der Waals surface area contributed by atoms with Crippen molar-refractivity contribution in [2.75, 3.05) is 13.1 Å². The minimum atomic E-state index is -3.47. The second kappa shape index (κ2) is 7.74. The molecule has 2 aromatic rings. The fourth-order valence-corrected chi connectivity index (χ4v) is 4.17. The van der Waals surface area contributed by atoms with E-state index in [4.69, 9.17) is 0 Å². The van der Waals surface area contributed by atoms with Crippen LogP contribution in [0.15, 0.2) is 60.0 Å². The first kappa shape index (κ1) is 18.8. The van der Waals surface area contributed by atoms with Gasteiger partial charge in [-0.2, -0.15) is 0 Å². The van der Waals surface area contributed by atoms with E-state index in [9.17, 15) is 8.42 Å². The maximum Gasteiger partial charge on any atom is 0.233 e. The molecule has 0 spiro atoms. The van der Waals surface area contributed by atoms with E-state index >= 15 is 0 Å². The zero-order valence-electron chi connectivity index (χ0n) is 15.4. The summed E-state index contributed by atoms with van der Waals surface area (Å²) in [6, 6.07) is 17.9. The molecule has 0 saturated carbocycles. The molecule has 26 heavy (non-hydrogen) atoms. The average molecular weight is 371 g/mol. The first-order valence-electron chi connectivity index (χ1n) is 8.90. The van der Waals surface area contributed by atoms with Crippen LogP contribution in [0.5, 0.6) is 0 Å². The minimum Gasteiger partial charge on any atom is -0.292 e. The third kappa shape index (κ3) is 4.81. The van der Waals surface area contributed by atoms with Crippen LogP contribution in [-0.2, 0) is 23.0 Å². The largest absolute Gasteiger partial charge is 0.292 e. The standard InChI is InChI=1S/C21H26N2O2S/c1-21(2,23-14-12-19-10-6-7-11-20(19)16-23)17-22-26(24,25)15-13-18-8-4-3-5-9-18/h3-11,13,15,22H,12,14,16-17H2,1-2H3/b15-13+. The lowest BCUT2D eigenvalue weighted by Gasteiger charge is -2.41. The molecule has 2 aromatic carbocycles. The molecule has 0 saturated heterocycles. The van der Waals surface area contributed by atoms with Crippen LogP contribution in [0, 0.1) is 0 Å². The van der Waals surface area contributed by atoms with Gasteiger partial charge in [-0.05, 0) is 43.0 Å². The number of nitrogens with zero attached hydrogens (tertiary/aromatic N) is 1. The molecular weight excluding hydrogens is 344 g/mol. The molecule has 0 aliphatic carbocycles. The SMILES string of the molecule is CC(C)(CNS(=O)(=O)/C=C/c1ccccc1)N1CCc2ccccc2C1. The number of hydrogen-bond donors (Lipinski definition) is 1. The maximum absolute atomic E-state index is 12.3. The number of rotatable bonds is 6. The van der Waals surface area contributed by atoms with Crippen LogP contribution in [0.4, 0.5) is 0 Å². The number of nitrogens with one attached hydrogen (secondary N) is 1. The summed E-state index contributed by atoms with van der Waals surface area (Å²) in [6.07, 6.45) is 2.62. The van der Waals surface area contributed by atoms with Crippen LogP contribution in [0.1, 0.15) is 30.5 Å². The van der Waals surface area contributed by atoms with Gasteiger partial charge in [-0.1, -0.05) is 54.6 Å². The summed E-state index contributed by atoms with van der Waals surface area (Å²) in [5.74, 6) is 0. The molecule has 0 aromatic heterocycles. The molecule has 0 radical (unpaired) electrons. The maximum atomic E-state index is 12.3. The van der Waals surface area contributed by atoms with Gasteiger partial charge in [-0.25, -0.2) is 13.1 Å². The monoisotopic (exact) mass is 370 g/mol. The van der Waals surface area contributed by atoms with Crippen LogP contribution >= 0.6 is 0 Å². The smallest absolute Gasteiger partial charge is 0.233 e. The Morgan fingerprint density at radius 3 is 2.42 bits per heavy atom. The van der Waals surface area contributed by atoms with Crippen LogP contribution in [0.25, 0.3) is 6.08 Å². The van der Waals surface area contributed by atoms with Crippen molar-refractivity contribution in [1.82, 2.24) is 9.62 Å². The highest BCUT2D eigenvalue weighted by Gasteiger charge is 2.30. The van der Waals surface area contributed by atoms with Crippen molar-refractivity contribution in [1.29, 1.82) is 0 Å². The lowest BCUT2D eigenvalue weighted by molar-refractivity contribution is 0.108. The fraction of sp³-hybridized carbons (Fsp3) is 0.333. The van der Waals surface area contributed by atoms with E-state index in [0.717, 1.165) is 25.1 Å². The predicted molar refractivity (Wildman–Crippen MR) is 107 cm³/mol. The van der Waals surface area contributed by atoms with Gasteiger partial charge in [0.25, 0.3) is 0 Å². The molecule has 1 aliphatic heterocycles. The topological polar surface area (TPSA) is 49.4 Å². The Kier molecular flexibility index (Phi) is 5.61. The van der Waals surface area contributed by atoms with E-state index in [1.165, 1.54) is 16.5 Å². The van der Waals surface area contributed by atoms with Gasteiger partial charge < -0.3 is 0 Å². The lowest BCUT2D eigenvalue weighted by atomic mass is 9.94. The van der Waals surface area contributed by atoms with Gasteiger partial charge in [0.05, 0.1) is 0 Å². The van der Waals surface area contributed by atoms with Gasteiger partial charge in [0.2, 0.25) is 10.0 Å². The first-order chi connectivity index (χ1) is 12.4. The normalized spacial score (nSPS) is 15.9. The molecule has 0 atom stereocenters. The van der Waals surface area contributed by atoms with E-state index < -0.39 is 10.0 Å². The minimum absolute atomic E-state index is 0.263. The number of fused-ring (bicyclic) bond motifs is 1. The molecule has 5 heteroatoms. The molecule has 1 aliphatic rings. The Morgan fingerprint density at radius 2 is 1.69 bits per heavy atom. The highest BCUT2D eigenvalue weighted by atomic mass is 32.2. The van der Waals surface area contributed by atoms with E-state index in [1.54, 1.807) is 6.08 Å². The predicted octanol–water partition coefficient (Wildman–Crippen LogP) is 3.41. The highest BCUT2D eigenvalue weighted by Crippen LogP contribution is 2.25. The van der Waals surface area contributed by atoms with Crippen molar-refractivity contribution in [3.05, 3.63) is 76.7 Å². The van der Waals surface area contributed by atoms with Gasteiger partial charge in [-0.15, -0.1) is 0 Å². The summed E-state index contributed by atoms with van der Waals surface area (Å²) in [4.78, 5) is 2.35. The number of benzene rings is 2. The molecule has 0 bridgehead atoms. The number of sulfonamides is 1. The Bertz CT molecular complexity index is 874. The van der Waals surface area contributed by atoms with Crippen LogP contribution in [-0.4, -0.2) is 31.9 Å². The number of hydrogen-bond acceptors (Lipinski definition) is 3. The summed E-state index contributed by atoms with van der Waals surface area (Å²) >= 11 is 0. The van der Waals surface area contributed by atoms with Gasteiger partial charge >= 0.3 is 0 Å². The lowest BCUT2D eigenvalue weighted by Crippen LogP contribution is -2.52. The summed E-state index contributed by atoms with van der Waals surface area (Å²) in [5, 5.41) is 1.24. The van der Waals surface area contributed by atoms with E-state index in [0.29, 0.717) is 6.54 Å². The molecule has 3 rings (SSSR count). The van der Waals surface area contributed by atoms with Crippen molar-refractivity contribution in [2.24, 2.45) is 0 Å². The highest BCUT2D eigenvalue weighted by molar-refractivity contribution is 7.92. The Labute approximate surface area is 156 Å². The average Bonchev–Trinajstić information content (AvgIpc) is 2.66. The van der Waals surface area contributed by atoms with Crippen LogP contribution < -0.4 is 4.72 Å². The Balaban J connectivity index is 1.62. The third-order valence-corrected chi connectivity index (χ3v) is 5.97. The van der Waals surface area contributed by atoms with Gasteiger partial charge in [0, 0.05) is 30.6 Å². The molecule has 1 heterocycles. The third-order valence-electron chi connectivity index (χ3n) is 4.93. The summed E-state index contributed by atoms with van der Waals surface area (Å²) in [5.41, 5.74) is 3.33. The van der Waals surface area contributed by atoms with Crippen molar-refractivity contribution >= 4 is 16.1 Å². The molecule has 1 N–H and O–H groups in total. The van der Waals surface area contributed by atoms with Gasteiger partial charge in [0.15, 0.2) is 0 Å². The summed E-state index contributed by atoms with van der Waals surface area (Å²) in [7, 11) is -3.47. The van der Waals surface area contributed by atoms with E-state index in [1.807, 2.05) is 30.3 Å². The van der Waals surface area contributed by atoms with Crippen molar-refractivity contribution in [3.8, 4) is 0 Å². The molecular formula is C21H26N2O2S. The molecule has 0 unspecified atom stereocenters. The first-order valence-corrected chi connectivity index (χ1v) is 10.4. The summed E-state index contributed by atoms with van der Waals surface area (Å²) < 4.78 is 27.4. The van der Waals surface area contributed by atoms with Crippen LogP contribution in [0.2, 0.25) is 0 Å². The molecule has 138 valence electrons. The second-order valence-electron chi connectivity index (χ2n) is 7.33. The quantitative estimate of drug-likeness (QED) is 0.848. The zero-order chi connectivity index (χ0) is 18.6. The van der Waals surface area contributed by atoms with Crippen molar-refractivity contribution in [2.45, 2.75) is 32.4 Å². The fourth-order valence-electron chi connectivity index (χ4n) is 3.18. The van der Waals surface area contributed by atoms with E-state index in [2.05, 4.69) is 47.7 Å². The molecule has 0 amide bonds. The molecule has 0 fully saturated rings. The van der Waals surface area contributed by atoms with Gasteiger partial charge in [0.1, 0.15) is 0 Å². The Morgan fingerprint density at radius 1 is 1.04 bits per heavy atom.